The number of benzene rings is 1. The second-order valence-corrected chi connectivity index (χ2v) is 2.72. The van der Waals surface area contributed by atoms with Gasteiger partial charge in [0.15, 0.2) is 0 Å². The fourth-order valence-electron chi connectivity index (χ4n) is 1.08. The molecule has 0 fully saturated rings. The van der Waals surface area contributed by atoms with Gasteiger partial charge in [-0.1, -0.05) is 24.8 Å². The zero-order valence-electron chi connectivity index (χ0n) is 8.10. The van der Waals surface area contributed by atoms with E-state index in [-0.39, 0.29) is 0 Å². The van der Waals surface area contributed by atoms with Crippen molar-refractivity contribution in [1.29, 1.82) is 0 Å². The summed E-state index contributed by atoms with van der Waals surface area (Å²) < 4.78 is 5.27. The van der Waals surface area contributed by atoms with Crippen LogP contribution in [0.4, 0.5) is 0 Å². The largest absolute Gasteiger partial charge is 0.489 e. The molecule has 0 unspecified atom stereocenters. The zero-order chi connectivity index (χ0) is 11.1. The van der Waals surface area contributed by atoms with Crippen molar-refractivity contribution in [3.63, 3.8) is 0 Å². The predicted octanol–water partition coefficient (Wildman–Crippen LogP) is 1.82. The molecular formula is C12H10O3. The molecule has 0 aromatic heterocycles. The predicted molar refractivity (Wildman–Crippen MR) is 56.7 cm³/mol. The molecule has 0 spiro atoms. The maximum absolute atomic E-state index is 11.4. The molecule has 0 aliphatic heterocycles. The molecule has 15 heavy (non-hydrogen) atoms. The van der Waals surface area contributed by atoms with Gasteiger partial charge < -0.3 is 4.74 Å². The molecule has 1 rings (SSSR count). The number of carbonyl (C=O) groups is 1. The molecule has 1 aromatic rings. The lowest BCUT2D eigenvalue weighted by molar-refractivity contribution is 0.104. The monoisotopic (exact) mass is 202 g/mol. The normalized spacial score (nSPS) is 8.80. The highest BCUT2D eigenvalue weighted by molar-refractivity contribution is 6.10. The van der Waals surface area contributed by atoms with Crippen molar-refractivity contribution in [2.75, 3.05) is 6.61 Å². The SMILES string of the molecule is C=CCOc1ccccc1C(=O)C=C=O. The van der Waals surface area contributed by atoms with Gasteiger partial charge in [-0.2, -0.15) is 0 Å². The standard InChI is InChI=1S/C12H10O3/c1-2-9-15-12-6-4-3-5-10(12)11(14)7-8-13/h2-7H,1,9H2. The third kappa shape index (κ3) is 2.93. The van der Waals surface area contributed by atoms with Gasteiger partial charge in [0.25, 0.3) is 0 Å². The smallest absolute Gasteiger partial charge is 0.200 e. The number of ketones is 1. The van der Waals surface area contributed by atoms with Crippen molar-refractivity contribution in [2.24, 2.45) is 0 Å². The minimum atomic E-state index is -0.412. The van der Waals surface area contributed by atoms with E-state index < -0.39 is 5.78 Å². The van der Waals surface area contributed by atoms with Gasteiger partial charge in [0, 0.05) is 0 Å². The Morgan fingerprint density at radius 1 is 1.47 bits per heavy atom. The van der Waals surface area contributed by atoms with Crippen LogP contribution in [0.5, 0.6) is 5.75 Å². The van der Waals surface area contributed by atoms with Gasteiger partial charge in [0.2, 0.25) is 5.78 Å². The van der Waals surface area contributed by atoms with E-state index in [1.54, 1.807) is 30.3 Å². The fourth-order valence-corrected chi connectivity index (χ4v) is 1.08. The van der Waals surface area contributed by atoms with Gasteiger partial charge in [-0.05, 0) is 12.1 Å². The van der Waals surface area contributed by atoms with Crippen LogP contribution in [0, 0.1) is 0 Å². The summed E-state index contributed by atoms with van der Waals surface area (Å²) in [6.45, 7) is 3.82. The summed E-state index contributed by atoms with van der Waals surface area (Å²) in [5, 5.41) is 0. The van der Waals surface area contributed by atoms with E-state index in [0.29, 0.717) is 17.9 Å². The minimum absolute atomic E-state index is 0.315. The molecule has 0 saturated carbocycles. The molecule has 76 valence electrons. The fraction of sp³-hybridized carbons (Fsp3) is 0.0833. The molecule has 0 atom stereocenters. The molecule has 0 radical (unpaired) electrons. The second kappa shape index (κ2) is 5.58. The summed E-state index contributed by atoms with van der Waals surface area (Å²) in [4.78, 5) is 21.5. The van der Waals surface area contributed by atoms with E-state index in [4.69, 9.17) is 4.74 Å². The van der Waals surface area contributed by atoms with Gasteiger partial charge in [-0.15, -0.1) is 0 Å². The second-order valence-electron chi connectivity index (χ2n) is 2.72. The van der Waals surface area contributed by atoms with Crippen molar-refractivity contribution in [3.05, 3.63) is 48.6 Å². The van der Waals surface area contributed by atoms with Crippen molar-refractivity contribution < 1.29 is 14.3 Å². The van der Waals surface area contributed by atoms with E-state index >= 15 is 0 Å². The van der Waals surface area contributed by atoms with E-state index in [1.165, 1.54) is 5.94 Å². The molecule has 0 aliphatic carbocycles. The summed E-state index contributed by atoms with van der Waals surface area (Å²) >= 11 is 0. The topological polar surface area (TPSA) is 43.4 Å². The van der Waals surface area contributed by atoms with Crippen LogP contribution in [-0.4, -0.2) is 18.3 Å². The first-order valence-electron chi connectivity index (χ1n) is 4.37. The Balaban J connectivity index is 2.99. The Bertz CT molecular complexity index is 415. The van der Waals surface area contributed by atoms with Crippen molar-refractivity contribution >= 4 is 11.7 Å². The number of carbonyl (C=O) groups excluding carboxylic acids is 2. The third-order valence-corrected chi connectivity index (χ3v) is 1.70. The molecular weight excluding hydrogens is 192 g/mol. The molecule has 0 amide bonds. The number of ether oxygens (including phenoxy) is 1. The van der Waals surface area contributed by atoms with E-state index in [9.17, 15) is 9.59 Å². The van der Waals surface area contributed by atoms with Gasteiger partial charge in [0.05, 0.1) is 11.6 Å². The van der Waals surface area contributed by atoms with Gasteiger partial charge in [-0.25, -0.2) is 4.79 Å². The molecule has 0 N–H and O–H groups in total. The Labute approximate surface area is 87.7 Å². The van der Waals surface area contributed by atoms with Crippen molar-refractivity contribution in [3.8, 4) is 5.75 Å². The summed E-state index contributed by atoms with van der Waals surface area (Å²) in [5.74, 6) is 1.48. The molecule has 0 bridgehead atoms. The Hall–Kier alpha value is -2.12. The zero-order valence-corrected chi connectivity index (χ0v) is 8.10. The van der Waals surface area contributed by atoms with Crippen LogP contribution in [0.3, 0.4) is 0 Å². The van der Waals surface area contributed by atoms with Gasteiger partial charge in [-0.3, -0.25) is 4.79 Å². The number of allylic oxidation sites excluding steroid dienone is 1. The maximum atomic E-state index is 11.4. The Kier molecular flexibility index (Phi) is 4.07. The van der Waals surface area contributed by atoms with Crippen molar-refractivity contribution in [2.45, 2.75) is 0 Å². The average Bonchev–Trinajstić information content (AvgIpc) is 2.27. The minimum Gasteiger partial charge on any atom is -0.489 e. The van der Waals surface area contributed by atoms with Gasteiger partial charge >= 0.3 is 0 Å². The number of hydrogen-bond donors (Lipinski definition) is 0. The lowest BCUT2D eigenvalue weighted by atomic mass is 10.1. The first kappa shape index (κ1) is 11.0. The van der Waals surface area contributed by atoms with Crippen LogP contribution < -0.4 is 4.74 Å². The highest BCUT2D eigenvalue weighted by Crippen LogP contribution is 2.18. The third-order valence-electron chi connectivity index (χ3n) is 1.70. The first-order valence-corrected chi connectivity index (χ1v) is 4.37. The molecule has 0 heterocycles. The van der Waals surface area contributed by atoms with Crippen LogP contribution in [0.1, 0.15) is 10.4 Å². The highest BCUT2D eigenvalue weighted by atomic mass is 16.5. The molecule has 3 nitrogen and oxygen atoms in total. The van der Waals surface area contributed by atoms with E-state index in [2.05, 4.69) is 6.58 Å². The molecule has 0 aliphatic rings. The number of hydrogen-bond acceptors (Lipinski definition) is 3. The maximum Gasteiger partial charge on any atom is 0.200 e. The van der Waals surface area contributed by atoms with Gasteiger partial charge in [0.1, 0.15) is 18.3 Å². The number of para-hydroxylation sites is 1. The van der Waals surface area contributed by atoms with E-state index in [1.807, 2.05) is 0 Å². The van der Waals surface area contributed by atoms with E-state index in [0.717, 1.165) is 6.08 Å². The highest BCUT2D eigenvalue weighted by Gasteiger charge is 2.08. The Morgan fingerprint density at radius 2 is 2.20 bits per heavy atom. The molecule has 1 aromatic carbocycles. The average molecular weight is 202 g/mol. The quantitative estimate of drug-likeness (QED) is 0.316. The first-order chi connectivity index (χ1) is 7.29. The number of rotatable bonds is 5. The van der Waals surface area contributed by atoms with Crippen molar-refractivity contribution in [1.82, 2.24) is 0 Å². The summed E-state index contributed by atoms with van der Waals surface area (Å²) in [6.07, 6.45) is 2.42. The molecule has 0 saturated heterocycles. The van der Waals surface area contributed by atoms with Crippen LogP contribution in [0.25, 0.3) is 0 Å². The van der Waals surface area contributed by atoms with Crippen LogP contribution in [0.15, 0.2) is 43.0 Å². The van der Waals surface area contributed by atoms with Crippen LogP contribution in [-0.2, 0) is 4.79 Å². The summed E-state index contributed by atoms with van der Waals surface area (Å²) in [6, 6.07) is 6.70. The summed E-state index contributed by atoms with van der Waals surface area (Å²) in [5.41, 5.74) is 0.350. The summed E-state index contributed by atoms with van der Waals surface area (Å²) in [7, 11) is 0. The van der Waals surface area contributed by atoms with Crippen LogP contribution in [0.2, 0.25) is 0 Å². The Morgan fingerprint density at radius 3 is 2.87 bits per heavy atom. The van der Waals surface area contributed by atoms with Crippen LogP contribution >= 0.6 is 0 Å². The molecule has 3 heteroatoms. The lowest BCUT2D eigenvalue weighted by Crippen LogP contribution is -2.01. The lowest BCUT2D eigenvalue weighted by Gasteiger charge is -2.06.